The molecule has 9 nitrogen and oxygen atoms in total. The maximum Gasteiger partial charge on any atom is 0.260 e. The molecule has 0 fully saturated rings. The van der Waals surface area contributed by atoms with Crippen LogP contribution in [0.4, 0.5) is 5.69 Å². The Morgan fingerprint density at radius 1 is 1.15 bits per heavy atom. The van der Waals surface area contributed by atoms with Crippen molar-refractivity contribution in [2.75, 3.05) is 30.8 Å². The van der Waals surface area contributed by atoms with Gasteiger partial charge in [0, 0.05) is 37.7 Å². The summed E-state index contributed by atoms with van der Waals surface area (Å²) in [5.41, 5.74) is 2.36. The number of benzene rings is 2. The molecule has 1 N–H and O–H groups in total. The normalized spacial score (nSPS) is 14.2. The molecule has 2 aromatic carbocycles. The molecular formula is C22H22ClN5O4S. The molecule has 2 amide bonds. The maximum atomic E-state index is 13.5. The number of sulfonamides is 1. The van der Waals surface area contributed by atoms with E-state index in [2.05, 4.69) is 9.82 Å². The minimum Gasteiger partial charge on any atom is -0.335 e. The molecule has 0 atom stereocenters. The van der Waals surface area contributed by atoms with Gasteiger partial charge in [-0.25, -0.2) is 17.8 Å². The van der Waals surface area contributed by atoms with Gasteiger partial charge in [-0.2, -0.15) is 5.10 Å². The standard InChI is InChI=1S/C22H22ClN5O4S/c1-33(31,32)25-10-12-26-14-16-5-2-3-6-20(16)27(15-21(26)29)22(30)18-8-7-17(13-19(18)23)28-11-4-9-24-28/h2-9,11,13,25H,10,12,14-15H2,1H3. The highest BCUT2D eigenvalue weighted by Gasteiger charge is 2.30. The lowest BCUT2D eigenvalue weighted by molar-refractivity contribution is -0.129. The van der Waals surface area contributed by atoms with E-state index in [1.807, 2.05) is 12.1 Å². The SMILES string of the molecule is CS(=O)(=O)NCCN1Cc2ccccc2N(C(=O)c2ccc(-n3cccn3)cc2Cl)CC1=O. The second-order valence-electron chi connectivity index (χ2n) is 7.62. The Bertz CT molecular complexity index is 1290. The van der Waals surface area contributed by atoms with E-state index >= 15 is 0 Å². The van der Waals surface area contributed by atoms with Crippen LogP contribution in [-0.2, 0) is 21.4 Å². The molecular weight excluding hydrogens is 466 g/mol. The van der Waals surface area contributed by atoms with Crippen LogP contribution in [0.2, 0.25) is 5.02 Å². The highest BCUT2D eigenvalue weighted by Crippen LogP contribution is 2.29. The number of nitrogens with zero attached hydrogens (tertiary/aromatic N) is 4. The topological polar surface area (TPSA) is 105 Å². The van der Waals surface area contributed by atoms with Gasteiger partial charge in [0.2, 0.25) is 15.9 Å². The second-order valence-corrected chi connectivity index (χ2v) is 9.86. The van der Waals surface area contributed by atoms with E-state index in [1.165, 1.54) is 9.80 Å². The third-order valence-corrected chi connectivity index (χ3v) is 6.27. The predicted octanol–water partition coefficient (Wildman–Crippen LogP) is 2.06. The van der Waals surface area contributed by atoms with Crippen molar-refractivity contribution in [1.29, 1.82) is 0 Å². The molecule has 4 rings (SSSR count). The quantitative estimate of drug-likeness (QED) is 0.573. The van der Waals surface area contributed by atoms with Crippen LogP contribution in [0.3, 0.4) is 0 Å². The van der Waals surface area contributed by atoms with Crippen molar-refractivity contribution in [2.24, 2.45) is 0 Å². The number of amides is 2. The Morgan fingerprint density at radius 3 is 2.64 bits per heavy atom. The highest BCUT2D eigenvalue weighted by molar-refractivity contribution is 7.88. The lowest BCUT2D eigenvalue weighted by Crippen LogP contribution is -2.42. The van der Waals surface area contributed by atoms with Gasteiger partial charge in [0.05, 0.1) is 22.5 Å². The van der Waals surface area contributed by atoms with Gasteiger partial charge >= 0.3 is 0 Å². The largest absolute Gasteiger partial charge is 0.335 e. The number of hydrogen-bond donors (Lipinski definition) is 1. The Hall–Kier alpha value is -3.21. The molecule has 1 aromatic heterocycles. The fraction of sp³-hybridized carbons (Fsp3) is 0.227. The monoisotopic (exact) mass is 487 g/mol. The number of fused-ring (bicyclic) bond motifs is 1. The number of nitrogens with one attached hydrogen (secondary N) is 1. The molecule has 3 aromatic rings. The zero-order valence-corrected chi connectivity index (χ0v) is 19.4. The Labute approximate surface area is 196 Å². The van der Waals surface area contributed by atoms with E-state index in [9.17, 15) is 18.0 Å². The van der Waals surface area contributed by atoms with Crippen LogP contribution in [0, 0.1) is 0 Å². The van der Waals surface area contributed by atoms with E-state index in [4.69, 9.17) is 11.6 Å². The maximum absolute atomic E-state index is 13.5. The van der Waals surface area contributed by atoms with Gasteiger partial charge in [-0.05, 0) is 35.9 Å². The average molecular weight is 488 g/mol. The van der Waals surface area contributed by atoms with Crippen LogP contribution < -0.4 is 9.62 Å². The summed E-state index contributed by atoms with van der Waals surface area (Å²) in [6, 6.07) is 14.0. The number of carbonyl (C=O) groups excluding carboxylic acids is 2. The summed E-state index contributed by atoms with van der Waals surface area (Å²) >= 11 is 6.46. The minimum absolute atomic E-state index is 0.0847. The number of anilines is 1. The van der Waals surface area contributed by atoms with E-state index < -0.39 is 15.9 Å². The highest BCUT2D eigenvalue weighted by atomic mass is 35.5. The molecule has 2 heterocycles. The molecule has 1 aliphatic heterocycles. The van der Waals surface area contributed by atoms with Crippen molar-refractivity contribution in [3.63, 3.8) is 0 Å². The van der Waals surface area contributed by atoms with Crippen molar-refractivity contribution in [1.82, 2.24) is 19.4 Å². The first-order valence-electron chi connectivity index (χ1n) is 10.1. The van der Waals surface area contributed by atoms with Gasteiger partial charge < -0.3 is 4.90 Å². The van der Waals surface area contributed by atoms with E-state index in [0.717, 1.165) is 11.8 Å². The van der Waals surface area contributed by atoms with Crippen molar-refractivity contribution in [3.05, 3.63) is 77.1 Å². The molecule has 1 aliphatic rings. The minimum atomic E-state index is -3.37. The van der Waals surface area contributed by atoms with Crippen molar-refractivity contribution < 1.29 is 18.0 Å². The molecule has 33 heavy (non-hydrogen) atoms. The van der Waals surface area contributed by atoms with Crippen molar-refractivity contribution >= 4 is 39.1 Å². The Kier molecular flexibility index (Phi) is 6.50. The lowest BCUT2D eigenvalue weighted by atomic mass is 10.1. The van der Waals surface area contributed by atoms with Crippen LogP contribution in [0.5, 0.6) is 0 Å². The third kappa shape index (κ3) is 5.24. The van der Waals surface area contributed by atoms with Gasteiger partial charge in [0.15, 0.2) is 0 Å². The van der Waals surface area contributed by atoms with Crippen LogP contribution in [0.15, 0.2) is 60.9 Å². The van der Waals surface area contributed by atoms with Gasteiger partial charge in [0.1, 0.15) is 6.54 Å². The molecule has 11 heteroatoms. The molecule has 0 aliphatic carbocycles. The number of aromatic nitrogens is 2. The van der Waals surface area contributed by atoms with E-state index in [1.54, 1.807) is 53.5 Å². The molecule has 0 radical (unpaired) electrons. The van der Waals surface area contributed by atoms with E-state index in [0.29, 0.717) is 11.4 Å². The molecule has 172 valence electrons. The molecule has 0 saturated carbocycles. The summed E-state index contributed by atoms with van der Waals surface area (Å²) in [6.07, 6.45) is 4.47. The summed E-state index contributed by atoms with van der Waals surface area (Å²) in [5, 5.41) is 4.41. The third-order valence-electron chi connectivity index (χ3n) is 5.23. The summed E-state index contributed by atoms with van der Waals surface area (Å²) in [7, 11) is -3.37. The van der Waals surface area contributed by atoms with Gasteiger partial charge in [-0.3, -0.25) is 14.5 Å². The number of halogens is 1. The number of carbonyl (C=O) groups is 2. The van der Waals surface area contributed by atoms with Gasteiger partial charge in [-0.1, -0.05) is 29.8 Å². The molecule has 0 spiro atoms. The van der Waals surface area contributed by atoms with Gasteiger partial charge in [0.25, 0.3) is 5.91 Å². The van der Waals surface area contributed by atoms with Crippen molar-refractivity contribution in [3.8, 4) is 5.69 Å². The lowest BCUT2D eigenvalue weighted by Gasteiger charge is -2.23. The van der Waals surface area contributed by atoms with Crippen LogP contribution in [0.1, 0.15) is 15.9 Å². The average Bonchev–Trinajstić information content (AvgIpc) is 3.26. The summed E-state index contributed by atoms with van der Waals surface area (Å²) in [5.74, 6) is -0.692. The first kappa shape index (κ1) is 23.0. The van der Waals surface area contributed by atoms with Crippen LogP contribution in [0.25, 0.3) is 5.69 Å². The fourth-order valence-electron chi connectivity index (χ4n) is 3.66. The molecule has 0 saturated heterocycles. The molecule has 0 unspecified atom stereocenters. The molecule has 0 bridgehead atoms. The van der Waals surface area contributed by atoms with Crippen LogP contribution in [-0.4, -0.2) is 60.8 Å². The Balaban J connectivity index is 1.61. The number of rotatable bonds is 6. The summed E-state index contributed by atoms with van der Waals surface area (Å²) < 4.78 is 26.8. The Morgan fingerprint density at radius 2 is 1.94 bits per heavy atom. The second kappa shape index (κ2) is 9.34. The first-order valence-corrected chi connectivity index (χ1v) is 12.4. The number of para-hydroxylation sites is 1. The smallest absolute Gasteiger partial charge is 0.260 e. The van der Waals surface area contributed by atoms with Crippen molar-refractivity contribution in [2.45, 2.75) is 6.54 Å². The fourth-order valence-corrected chi connectivity index (χ4v) is 4.38. The zero-order valence-electron chi connectivity index (χ0n) is 17.8. The van der Waals surface area contributed by atoms with Gasteiger partial charge in [-0.15, -0.1) is 0 Å². The predicted molar refractivity (Wildman–Crippen MR) is 125 cm³/mol. The van der Waals surface area contributed by atoms with Crippen LogP contribution >= 0.6 is 11.6 Å². The zero-order chi connectivity index (χ0) is 23.6. The first-order chi connectivity index (χ1) is 15.7. The van der Waals surface area contributed by atoms with E-state index in [-0.39, 0.29) is 42.7 Å². The summed E-state index contributed by atoms with van der Waals surface area (Å²) in [6.45, 7) is 0.338. The summed E-state index contributed by atoms with van der Waals surface area (Å²) in [4.78, 5) is 29.4. The number of hydrogen-bond acceptors (Lipinski definition) is 5.